The molecule has 1 N–H and O–H groups in total. The van der Waals surface area contributed by atoms with E-state index in [1.807, 2.05) is 0 Å². The van der Waals surface area contributed by atoms with Crippen LogP contribution in [-0.4, -0.2) is 57.5 Å². The van der Waals surface area contributed by atoms with E-state index in [4.69, 9.17) is 0 Å². The first kappa shape index (κ1) is 16.9. The minimum atomic E-state index is -2.84. The zero-order chi connectivity index (χ0) is 13.7. The van der Waals surface area contributed by atoms with Crippen molar-refractivity contribution in [2.45, 2.75) is 45.2 Å². The van der Waals surface area contributed by atoms with Crippen LogP contribution in [0.25, 0.3) is 0 Å². The van der Waals surface area contributed by atoms with Crippen molar-refractivity contribution >= 4 is 9.84 Å². The van der Waals surface area contributed by atoms with E-state index in [2.05, 4.69) is 45.1 Å². The Hall–Kier alpha value is -0.130. The van der Waals surface area contributed by atoms with Gasteiger partial charge in [-0.1, -0.05) is 6.92 Å². The van der Waals surface area contributed by atoms with Crippen molar-refractivity contribution in [1.29, 1.82) is 0 Å². The van der Waals surface area contributed by atoms with E-state index in [-0.39, 0.29) is 11.3 Å². The number of nitrogens with one attached hydrogen (secondary N) is 1. The summed E-state index contributed by atoms with van der Waals surface area (Å²) in [6.45, 7) is 7.34. The lowest BCUT2D eigenvalue weighted by atomic mass is 9.90. The van der Waals surface area contributed by atoms with E-state index < -0.39 is 9.84 Å². The highest BCUT2D eigenvalue weighted by molar-refractivity contribution is 7.90. The molecular weight excluding hydrogens is 236 g/mol. The van der Waals surface area contributed by atoms with E-state index in [1.54, 1.807) is 0 Å². The van der Waals surface area contributed by atoms with Gasteiger partial charge in [-0.05, 0) is 47.3 Å². The van der Waals surface area contributed by atoms with Gasteiger partial charge in [0.25, 0.3) is 0 Å². The van der Waals surface area contributed by atoms with E-state index in [9.17, 15) is 8.42 Å². The van der Waals surface area contributed by atoms with E-state index in [0.717, 1.165) is 13.0 Å². The van der Waals surface area contributed by atoms with Gasteiger partial charge in [0.2, 0.25) is 0 Å². The van der Waals surface area contributed by atoms with Crippen LogP contribution in [0.15, 0.2) is 0 Å². The number of likely N-dealkylation sites (N-methyl/N-ethyl adjacent to an activating group) is 2. The molecule has 17 heavy (non-hydrogen) atoms. The smallest absolute Gasteiger partial charge is 0.147 e. The Morgan fingerprint density at radius 3 is 2.18 bits per heavy atom. The lowest BCUT2D eigenvalue weighted by Gasteiger charge is -2.40. The summed E-state index contributed by atoms with van der Waals surface area (Å²) in [5.41, 5.74) is 0.0213. The summed E-state index contributed by atoms with van der Waals surface area (Å²) in [5.74, 6) is 0.276. The Kier molecular flexibility index (Phi) is 6.66. The molecule has 0 saturated carbocycles. The lowest BCUT2D eigenvalue weighted by molar-refractivity contribution is 0.133. The topological polar surface area (TPSA) is 49.4 Å². The molecule has 0 aliphatic rings. The molecule has 0 aliphatic heterocycles. The van der Waals surface area contributed by atoms with Crippen molar-refractivity contribution in [3.63, 3.8) is 0 Å². The molecule has 1 atom stereocenters. The summed E-state index contributed by atoms with van der Waals surface area (Å²) in [6, 6.07) is 0.309. The molecule has 0 heterocycles. The first-order valence-electron chi connectivity index (χ1n) is 6.19. The van der Waals surface area contributed by atoms with Gasteiger partial charge in [-0.3, -0.25) is 0 Å². The van der Waals surface area contributed by atoms with Crippen LogP contribution in [0, 0.1) is 0 Å². The molecular formula is C12H28N2O2S. The summed E-state index contributed by atoms with van der Waals surface area (Å²) in [5, 5.41) is 3.45. The molecule has 0 aromatic heterocycles. The predicted octanol–water partition coefficient (Wildman–Crippen LogP) is 1.13. The van der Waals surface area contributed by atoms with Crippen LogP contribution >= 0.6 is 0 Å². The maximum atomic E-state index is 11.1. The first-order chi connectivity index (χ1) is 7.61. The fourth-order valence-electron chi connectivity index (χ4n) is 1.81. The Balaban J connectivity index is 4.44. The highest BCUT2D eigenvalue weighted by Crippen LogP contribution is 2.19. The molecule has 0 rings (SSSR count). The van der Waals surface area contributed by atoms with Crippen molar-refractivity contribution in [2.75, 3.05) is 32.6 Å². The Bertz CT molecular complexity index is 310. The van der Waals surface area contributed by atoms with Gasteiger partial charge in [0.05, 0.1) is 0 Å². The Labute approximate surface area is 107 Å². The highest BCUT2D eigenvalue weighted by Gasteiger charge is 2.30. The second-order valence-electron chi connectivity index (χ2n) is 5.43. The van der Waals surface area contributed by atoms with Crippen LogP contribution in [0.5, 0.6) is 0 Å². The molecule has 5 heteroatoms. The molecule has 104 valence electrons. The minimum absolute atomic E-state index is 0.0213. The van der Waals surface area contributed by atoms with Gasteiger partial charge < -0.3 is 10.2 Å². The molecule has 0 aromatic rings. The lowest BCUT2D eigenvalue weighted by Crippen LogP contribution is -2.55. The van der Waals surface area contributed by atoms with Gasteiger partial charge in [-0.2, -0.15) is 0 Å². The zero-order valence-electron chi connectivity index (χ0n) is 12.1. The molecule has 1 unspecified atom stereocenters. The van der Waals surface area contributed by atoms with E-state index in [1.165, 1.54) is 6.26 Å². The van der Waals surface area contributed by atoms with Gasteiger partial charge >= 0.3 is 0 Å². The first-order valence-corrected chi connectivity index (χ1v) is 8.26. The monoisotopic (exact) mass is 264 g/mol. The molecule has 0 bridgehead atoms. The van der Waals surface area contributed by atoms with E-state index in [0.29, 0.717) is 12.5 Å². The third-order valence-electron chi connectivity index (χ3n) is 3.46. The van der Waals surface area contributed by atoms with Crippen LogP contribution in [-0.2, 0) is 9.84 Å². The van der Waals surface area contributed by atoms with E-state index >= 15 is 0 Å². The second-order valence-corrected chi connectivity index (χ2v) is 7.69. The van der Waals surface area contributed by atoms with Crippen molar-refractivity contribution in [1.82, 2.24) is 10.2 Å². The number of hydrogen-bond donors (Lipinski definition) is 1. The fourth-order valence-corrected chi connectivity index (χ4v) is 2.50. The van der Waals surface area contributed by atoms with Crippen LogP contribution in [0.4, 0.5) is 0 Å². The summed E-state index contributed by atoms with van der Waals surface area (Å²) >= 11 is 0. The molecule has 0 radical (unpaired) electrons. The SMILES string of the molecule is CCNC(CCCS(C)(=O)=O)C(C)(C)N(C)C. The van der Waals surface area contributed by atoms with Crippen LogP contribution < -0.4 is 5.32 Å². The number of rotatable bonds is 8. The quantitative estimate of drug-likeness (QED) is 0.714. The summed E-state index contributed by atoms with van der Waals surface area (Å²) in [6.07, 6.45) is 2.90. The summed E-state index contributed by atoms with van der Waals surface area (Å²) in [7, 11) is 1.27. The van der Waals surface area contributed by atoms with Crippen LogP contribution in [0.3, 0.4) is 0 Å². The molecule has 0 spiro atoms. The second kappa shape index (κ2) is 6.71. The van der Waals surface area contributed by atoms with Gasteiger partial charge in [0.1, 0.15) is 9.84 Å². The molecule has 0 fully saturated rings. The number of hydrogen-bond acceptors (Lipinski definition) is 4. The van der Waals surface area contributed by atoms with Gasteiger partial charge in [-0.25, -0.2) is 8.42 Å². The van der Waals surface area contributed by atoms with Crippen LogP contribution in [0.2, 0.25) is 0 Å². The normalized spacial score (nSPS) is 15.2. The molecule has 4 nitrogen and oxygen atoms in total. The Morgan fingerprint density at radius 1 is 1.29 bits per heavy atom. The molecule has 0 saturated heterocycles. The Morgan fingerprint density at radius 2 is 1.82 bits per heavy atom. The van der Waals surface area contributed by atoms with Crippen molar-refractivity contribution in [2.24, 2.45) is 0 Å². The molecule has 0 aromatic carbocycles. The average molecular weight is 264 g/mol. The third kappa shape index (κ3) is 6.38. The maximum absolute atomic E-state index is 11.1. The van der Waals surface area contributed by atoms with Crippen molar-refractivity contribution < 1.29 is 8.42 Å². The molecule has 0 aliphatic carbocycles. The number of nitrogens with zero attached hydrogens (tertiary/aromatic N) is 1. The predicted molar refractivity (Wildman–Crippen MR) is 74.2 cm³/mol. The van der Waals surface area contributed by atoms with Gasteiger partial charge in [-0.15, -0.1) is 0 Å². The maximum Gasteiger partial charge on any atom is 0.147 e. The standard InChI is InChI=1S/C12H28N2O2S/c1-7-13-11(12(2,3)14(4)5)9-8-10-17(6,15)16/h11,13H,7-10H2,1-6H3. The number of sulfone groups is 1. The third-order valence-corrected chi connectivity index (χ3v) is 4.49. The van der Waals surface area contributed by atoms with Crippen LogP contribution in [0.1, 0.15) is 33.6 Å². The van der Waals surface area contributed by atoms with Crippen molar-refractivity contribution in [3.05, 3.63) is 0 Å². The fraction of sp³-hybridized carbons (Fsp3) is 1.00. The average Bonchev–Trinajstić information content (AvgIpc) is 2.14. The minimum Gasteiger partial charge on any atom is -0.312 e. The zero-order valence-corrected chi connectivity index (χ0v) is 12.9. The van der Waals surface area contributed by atoms with Gasteiger partial charge in [0, 0.05) is 23.6 Å². The summed E-state index contributed by atoms with van der Waals surface area (Å²) < 4.78 is 22.2. The van der Waals surface area contributed by atoms with Crippen molar-refractivity contribution in [3.8, 4) is 0 Å². The molecule has 0 amide bonds. The largest absolute Gasteiger partial charge is 0.312 e. The summed E-state index contributed by atoms with van der Waals surface area (Å²) in [4.78, 5) is 2.18. The van der Waals surface area contributed by atoms with Gasteiger partial charge in [0.15, 0.2) is 0 Å². The highest BCUT2D eigenvalue weighted by atomic mass is 32.2.